The van der Waals surface area contributed by atoms with Crippen LogP contribution in [0.15, 0.2) is 48.5 Å². The highest BCUT2D eigenvalue weighted by Gasteiger charge is 2.72. The van der Waals surface area contributed by atoms with Crippen LogP contribution in [0.25, 0.3) is 0 Å². The number of fused-ring (bicyclic) bond motifs is 5. The Morgan fingerprint density at radius 3 is 1.39 bits per heavy atom. The van der Waals surface area contributed by atoms with E-state index < -0.39 is 6.03 Å². The fraction of sp³-hybridized carbons (Fsp3) is 0.565. The van der Waals surface area contributed by atoms with Crippen LogP contribution in [-0.2, 0) is 12.8 Å². The summed E-state index contributed by atoms with van der Waals surface area (Å²) >= 11 is 0. The lowest BCUT2D eigenvalue weighted by Crippen LogP contribution is -2.59. The second kappa shape index (κ2) is 17.9. The van der Waals surface area contributed by atoms with Gasteiger partial charge in [0, 0.05) is 12.1 Å². The average molecular weight is 695 g/mol. The van der Waals surface area contributed by atoms with Gasteiger partial charge in [-0.25, -0.2) is 0 Å². The maximum Gasteiger partial charge on any atom is 0.715 e. The van der Waals surface area contributed by atoms with Crippen molar-refractivity contribution in [3.05, 3.63) is 81.9 Å². The number of quaternary nitrogens is 1. The molecule has 3 aliphatic heterocycles. The van der Waals surface area contributed by atoms with Gasteiger partial charge in [-0.15, -0.1) is 0 Å². The van der Waals surface area contributed by atoms with Gasteiger partial charge in [-0.1, -0.05) is 97.9 Å². The van der Waals surface area contributed by atoms with Crippen molar-refractivity contribution in [2.45, 2.75) is 145 Å². The van der Waals surface area contributed by atoms with Crippen molar-refractivity contribution in [2.75, 3.05) is 26.2 Å². The molecule has 0 aromatic heterocycles. The van der Waals surface area contributed by atoms with Crippen molar-refractivity contribution in [1.29, 1.82) is 0 Å². The summed E-state index contributed by atoms with van der Waals surface area (Å²) in [6.45, 7) is 23.0. The summed E-state index contributed by atoms with van der Waals surface area (Å²) in [6, 6.07) is 16.8. The molecule has 6 rings (SSSR count). The largest absolute Gasteiger partial charge is 0.715 e. The minimum absolute atomic E-state index is 0.908. The number of hydrogen-bond donors (Lipinski definition) is 0. The Morgan fingerprint density at radius 1 is 0.549 bits per heavy atom. The van der Waals surface area contributed by atoms with Crippen LogP contribution in [0, 0.1) is 13.8 Å². The third-order valence-electron chi connectivity index (χ3n) is 11.1. The minimum atomic E-state index is -1.12. The van der Waals surface area contributed by atoms with Crippen LogP contribution in [0.3, 0.4) is 0 Å². The fourth-order valence-electron chi connectivity index (χ4n) is 8.38. The van der Waals surface area contributed by atoms with Crippen LogP contribution in [0.4, 0.5) is 11.4 Å². The number of rotatable bonds is 18. The predicted octanol–water partition coefficient (Wildman–Crippen LogP) is 11.5. The van der Waals surface area contributed by atoms with Crippen molar-refractivity contribution in [3.63, 3.8) is 0 Å². The molecule has 5 heteroatoms. The molecule has 0 aliphatic carbocycles. The molecule has 1 spiro atoms. The first-order valence-electron chi connectivity index (χ1n) is 20.7. The monoisotopic (exact) mass is 695 g/mol. The van der Waals surface area contributed by atoms with E-state index in [1.54, 1.807) is 0 Å². The van der Waals surface area contributed by atoms with Gasteiger partial charge in [0.1, 0.15) is 0 Å². The van der Waals surface area contributed by atoms with Gasteiger partial charge >= 0.3 is 6.03 Å². The topological polar surface area (TPSA) is 24.5 Å². The van der Waals surface area contributed by atoms with Gasteiger partial charge in [0.15, 0.2) is 23.9 Å². The zero-order chi connectivity index (χ0) is 36.4. The van der Waals surface area contributed by atoms with Crippen LogP contribution in [0.1, 0.15) is 146 Å². The normalized spacial score (nSPS) is 16.6. The summed E-state index contributed by atoms with van der Waals surface area (Å²) in [6.07, 6.45) is 20.8. The standard InChI is InChI=1S/C44H62N3O2.C2H6/c1-7-11-15-20-36-28-34(5)42-38(30-36)32-45-40-22-16-17-23-41(40)46-33-39-31-37(29-35(6)43(39)49-44(45,46)48-42)21-18-19-27-47(24-12-8-2,25-13-9-3)26-14-10-4;1-2/h16-17,22-23,28-33H,7-15,18-21,24-27H2,1-6H3;1-2H3/q+3;. The van der Waals surface area contributed by atoms with E-state index in [2.05, 4.69) is 112 Å². The van der Waals surface area contributed by atoms with E-state index in [1.165, 1.54) is 118 Å². The van der Waals surface area contributed by atoms with Crippen molar-refractivity contribution < 1.29 is 23.1 Å². The van der Waals surface area contributed by atoms with Crippen LogP contribution in [0.2, 0.25) is 0 Å². The molecule has 3 aliphatic rings. The molecule has 0 saturated carbocycles. The van der Waals surface area contributed by atoms with Crippen molar-refractivity contribution in [3.8, 4) is 11.5 Å². The molecule has 0 amide bonds. The Labute approximate surface area is 310 Å². The SMILES string of the molecule is CC.CCCCCc1cc(C)c2c(c1)C=[N+]1c3ccccc3[N+]3=Cc4cc(CCCC[N+](CCCC)(CCCC)CCCC)cc(C)c4OC13O2. The second-order valence-corrected chi connectivity index (χ2v) is 15.1. The van der Waals surface area contributed by atoms with Gasteiger partial charge < -0.3 is 14.0 Å². The van der Waals surface area contributed by atoms with E-state index in [1.807, 2.05) is 13.8 Å². The lowest BCUT2D eigenvalue weighted by Gasteiger charge is -2.39. The number of aryl methyl sites for hydroxylation is 4. The minimum Gasteiger partial charge on any atom is -0.340 e. The number of hydrogen-bond acceptors (Lipinski definition) is 2. The quantitative estimate of drug-likeness (QED) is 0.0752. The molecule has 276 valence electrons. The molecule has 1 atom stereocenters. The Bertz CT molecular complexity index is 1670. The maximum absolute atomic E-state index is 7.08. The first kappa shape index (κ1) is 38.8. The highest BCUT2D eigenvalue weighted by atomic mass is 16.7. The highest BCUT2D eigenvalue weighted by molar-refractivity contribution is 5.86. The number of para-hydroxylation sites is 2. The van der Waals surface area contributed by atoms with Gasteiger partial charge in [-0.3, -0.25) is 0 Å². The number of unbranched alkanes of at least 4 members (excludes halogenated alkanes) is 6. The molecule has 0 bridgehead atoms. The Morgan fingerprint density at radius 2 is 0.961 bits per heavy atom. The van der Waals surface area contributed by atoms with Gasteiger partial charge in [0.25, 0.3) is 11.4 Å². The Balaban J connectivity index is 0.00000248. The molecular formula is C46H68N3O2+3. The molecule has 0 fully saturated rings. The Hall–Kier alpha value is -3.44. The predicted molar refractivity (Wildman–Crippen MR) is 215 cm³/mol. The van der Waals surface area contributed by atoms with Crippen molar-refractivity contribution in [2.24, 2.45) is 0 Å². The third-order valence-corrected chi connectivity index (χ3v) is 11.1. The molecule has 51 heavy (non-hydrogen) atoms. The maximum atomic E-state index is 7.08. The summed E-state index contributed by atoms with van der Waals surface area (Å²) in [4.78, 5) is 0. The highest BCUT2D eigenvalue weighted by Crippen LogP contribution is 2.49. The summed E-state index contributed by atoms with van der Waals surface area (Å²) in [5.41, 5.74) is 9.56. The van der Waals surface area contributed by atoms with Crippen LogP contribution >= 0.6 is 0 Å². The van der Waals surface area contributed by atoms with Crippen LogP contribution in [0.5, 0.6) is 11.5 Å². The number of nitrogens with zero attached hydrogens (tertiary/aromatic N) is 3. The Kier molecular flexibility index (Phi) is 13.6. The summed E-state index contributed by atoms with van der Waals surface area (Å²) in [5.74, 6) is 1.82. The molecule has 0 N–H and O–H groups in total. The third kappa shape index (κ3) is 8.30. The molecule has 3 aromatic rings. The zero-order valence-corrected chi connectivity index (χ0v) is 33.5. The zero-order valence-electron chi connectivity index (χ0n) is 33.5. The van der Waals surface area contributed by atoms with Gasteiger partial charge in [0.05, 0.1) is 37.3 Å². The first-order chi connectivity index (χ1) is 24.9. The van der Waals surface area contributed by atoms with Crippen LogP contribution < -0.4 is 9.47 Å². The van der Waals surface area contributed by atoms with E-state index in [-0.39, 0.29) is 0 Å². The average Bonchev–Trinajstić information content (AvgIpc) is 3.42. The molecule has 0 saturated heterocycles. The molecule has 3 heterocycles. The van der Waals surface area contributed by atoms with Gasteiger partial charge in [-0.2, -0.15) is 0 Å². The molecule has 3 aromatic carbocycles. The van der Waals surface area contributed by atoms with E-state index in [0.717, 1.165) is 52.4 Å². The van der Waals surface area contributed by atoms with Gasteiger partial charge in [0.2, 0.25) is 0 Å². The van der Waals surface area contributed by atoms with Crippen molar-refractivity contribution in [1.82, 2.24) is 0 Å². The molecule has 1 unspecified atom stereocenters. The van der Waals surface area contributed by atoms with Crippen molar-refractivity contribution >= 4 is 23.8 Å². The van der Waals surface area contributed by atoms with Crippen LogP contribution in [-0.4, -0.2) is 58.3 Å². The molecule has 0 radical (unpaired) electrons. The summed E-state index contributed by atoms with van der Waals surface area (Å²) < 4.78 is 19.9. The first-order valence-corrected chi connectivity index (χ1v) is 20.7. The number of benzene rings is 3. The van der Waals surface area contributed by atoms with E-state index in [0.29, 0.717) is 0 Å². The molecule has 5 nitrogen and oxygen atoms in total. The van der Waals surface area contributed by atoms with E-state index in [9.17, 15) is 0 Å². The number of ether oxygens (including phenoxy) is 2. The van der Waals surface area contributed by atoms with Gasteiger partial charge in [-0.05, 0) is 109 Å². The molecular weight excluding hydrogens is 627 g/mol. The second-order valence-electron chi connectivity index (χ2n) is 15.1. The lowest BCUT2D eigenvalue weighted by molar-refractivity contribution is -0.929. The van der Waals surface area contributed by atoms with E-state index in [4.69, 9.17) is 9.47 Å². The van der Waals surface area contributed by atoms with E-state index >= 15 is 0 Å². The smallest absolute Gasteiger partial charge is 0.340 e. The summed E-state index contributed by atoms with van der Waals surface area (Å²) in [7, 11) is 0. The fourth-order valence-corrected chi connectivity index (χ4v) is 8.38. The lowest BCUT2D eigenvalue weighted by atomic mass is 9.99. The summed E-state index contributed by atoms with van der Waals surface area (Å²) in [5, 5.41) is 0.